The highest BCUT2D eigenvalue weighted by molar-refractivity contribution is 7.99. The first-order valence-electron chi connectivity index (χ1n) is 9.92. The number of rotatable bonds is 4. The Morgan fingerprint density at radius 1 is 1.23 bits per heavy atom. The third kappa shape index (κ3) is 3.71. The van der Waals surface area contributed by atoms with E-state index in [2.05, 4.69) is 33.3 Å². The molecule has 1 aliphatic rings. The minimum atomic E-state index is 0.0572. The van der Waals surface area contributed by atoms with E-state index in [0.29, 0.717) is 17.5 Å². The van der Waals surface area contributed by atoms with Crippen LogP contribution in [0.5, 0.6) is 0 Å². The Morgan fingerprint density at radius 3 is 2.84 bits per heavy atom. The highest BCUT2D eigenvalue weighted by Crippen LogP contribution is 2.35. The second kappa shape index (κ2) is 7.89. The van der Waals surface area contributed by atoms with Gasteiger partial charge in [0.2, 0.25) is 5.91 Å². The van der Waals surface area contributed by atoms with Gasteiger partial charge in [0.15, 0.2) is 5.16 Å². The zero-order valence-corrected chi connectivity index (χ0v) is 19.9. The molecule has 5 rings (SSSR count). The van der Waals surface area contributed by atoms with Gasteiger partial charge in [0.1, 0.15) is 10.6 Å². The normalized spacial score (nSPS) is 13.2. The summed E-state index contributed by atoms with van der Waals surface area (Å²) >= 11 is 4.60. The first-order valence-corrected chi connectivity index (χ1v) is 12.6. The number of carbonyl (C=O) groups is 1. The van der Waals surface area contributed by atoms with Crippen molar-refractivity contribution < 1.29 is 4.79 Å². The predicted octanol–water partition coefficient (Wildman–Crippen LogP) is 5.00. The van der Waals surface area contributed by atoms with Crippen molar-refractivity contribution in [3.05, 3.63) is 44.6 Å². The zero-order chi connectivity index (χ0) is 21.7. The van der Waals surface area contributed by atoms with Crippen LogP contribution in [0.25, 0.3) is 21.5 Å². The van der Waals surface area contributed by atoms with Gasteiger partial charge >= 0.3 is 0 Å². The van der Waals surface area contributed by atoms with E-state index in [4.69, 9.17) is 5.73 Å². The van der Waals surface area contributed by atoms with Crippen molar-refractivity contribution in [3.63, 3.8) is 0 Å². The third-order valence-corrected chi connectivity index (χ3v) is 8.26. The van der Waals surface area contributed by atoms with Crippen LogP contribution in [0, 0.1) is 20.8 Å². The van der Waals surface area contributed by atoms with Gasteiger partial charge in [-0.05, 0) is 50.5 Å². The number of nitrogens with two attached hydrogens (primary N) is 1. The summed E-state index contributed by atoms with van der Waals surface area (Å²) in [7, 11) is 0. The van der Waals surface area contributed by atoms with Gasteiger partial charge in [0.25, 0.3) is 0 Å². The molecule has 1 aromatic carbocycles. The fourth-order valence-corrected chi connectivity index (χ4v) is 6.29. The lowest BCUT2D eigenvalue weighted by molar-refractivity contribution is -0.116. The zero-order valence-electron chi connectivity index (χ0n) is 17.4. The van der Waals surface area contributed by atoms with Crippen LogP contribution in [0.1, 0.15) is 21.0 Å². The molecule has 4 aromatic rings. The molecule has 0 radical (unpaired) electrons. The van der Waals surface area contributed by atoms with Crippen molar-refractivity contribution in [2.75, 3.05) is 22.9 Å². The van der Waals surface area contributed by atoms with Crippen LogP contribution in [0.3, 0.4) is 0 Å². The Balaban J connectivity index is 1.32. The standard InChI is InChI=1S/C22H21N5OS3/c1-11-12(2)31-21-19(11)20(23)25-22(26-21)30-10-18(28)27-7-6-15-8-14(4-5-17(15)27)16-9-29-13(3)24-16/h4-5,8-9H,6-7,10H2,1-3H3,(H2,23,25,26). The molecule has 31 heavy (non-hydrogen) atoms. The molecular weight excluding hydrogens is 446 g/mol. The molecule has 0 atom stereocenters. The summed E-state index contributed by atoms with van der Waals surface area (Å²) in [5.74, 6) is 0.820. The van der Waals surface area contributed by atoms with E-state index in [1.165, 1.54) is 22.2 Å². The number of thiazole rings is 1. The molecule has 0 spiro atoms. The Kier molecular flexibility index (Phi) is 5.19. The predicted molar refractivity (Wildman–Crippen MR) is 130 cm³/mol. The van der Waals surface area contributed by atoms with E-state index in [1.54, 1.807) is 22.7 Å². The molecular formula is C22H21N5OS3. The lowest BCUT2D eigenvalue weighted by atomic mass is 10.1. The largest absolute Gasteiger partial charge is 0.383 e. The smallest absolute Gasteiger partial charge is 0.237 e. The van der Waals surface area contributed by atoms with E-state index in [1.807, 2.05) is 30.9 Å². The number of carbonyl (C=O) groups excluding carboxylic acids is 1. The van der Waals surface area contributed by atoms with Crippen LogP contribution in [-0.4, -0.2) is 33.2 Å². The molecule has 3 aromatic heterocycles. The highest BCUT2D eigenvalue weighted by atomic mass is 32.2. The molecule has 0 saturated carbocycles. The summed E-state index contributed by atoms with van der Waals surface area (Å²) in [6, 6.07) is 6.24. The van der Waals surface area contributed by atoms with Crippen LogP contribution in [0.4, 0.5) is 11.5 Å². The van der Waals surface area contributed by atoms with Gasteiger partial charge < -0.3 is 10.6 Å². The van der Waals surface area contributed by atoms with E-state index >= 15 is 0 Å². The number of anilines is 2. The average Bonchev–Trinajstić information content (AvgIpc) is 3.43. The lowest BCUT2D eigenvalue weighted by Crippen LogP contribution is -2.30. The third-order valence-electron chi connectivity index (χ3n) is 5.55. The van der Waals surface area contributed by atoms with Gasteiger partial charge in [-0.2, -0.15) is 0 Å². The molecule has 0 fully saturated rings. The maximum absolute atomic E-state index is 13.0. The molecule has 9 heteroatoms. The van der Waals surface area contributed by atoms with Crippen LogP contribution < -0.4 is 10.6 Å². The van der Waals surface area contributed by atoms with Gasteiger partial charge in [-0.3, -0.25) is 4.79 Å². The molecule has 158 valence electrons. The van der Waals surface area contributed by atoms with E-state index < -0.39 is 0 Å². The van der Waals surface area contributed by atoms with Crippen LogP contribution in [0.2, 0.25) is 0 Å². The summed E-state index contributed by atoms with van der Waals surface area (Å²) in [5.41, 5.74) is 11.6. The second-order valence-electron chi connectivity index (χ2n) is 7.53. The van der Waals surface area contributed by atoms with Crippen molar-refractivity contribution in [1.29, 1.82) is 0 Å². The molecule has 2 N–H and O–H groups in total. The van der Waals surface area contributed by atoms with Crippen molar-refractivity contribution in [1.82, 2.24) is 15.0 Å². The SMILES string of the molecule is Cc1nc(-c2ccc3c(c2)CCN3C(=O)CSc2nc(N)c3c(C)c(C)sc3n2)cs1. The summed E-state index contributed by atoms with van der Waals surface area (Å²) < 4.78 is 0. The number of fused-ring (bicyclic) bond motifs is 2. The van der Waals surface area contributed by atoms with Gasteiger partial charge in [-0.15, -0.1) is 22.7 Å². The van der Waals surface area contributed by atoms with Crippen LogP contribution in [0.15, 0.2) is 28.7 Å². The molecule has 1 amide bonds. The number of nitrogen functional groups attached to an aromatic ring is 1. The summed E-state index contributed by atoms with van der Waals surface area (Å²) in [5, 5.41) is 4.61. The van der Waals surface area contributed by atoms with Crippen molar-refractivity contribution in [2.45, 2.75) is 32.3 Å². The molecule has 4 heterocycles. The fraction of sp³-hybridized carbons (Fsp3) is 0.273. The Labute approximate surface area is 192 Å². The fourth-order valence-electron chi connectivity index (χ4n) is 3.85. The Bertz CT molecular complexity index is 1330. The first kappa shape index (κ1) is 20.4. The van der Waals surface area contributed by atoms with E-state index in [9.17, 15) is 4.79 Å². The van der Waals surface area contributed by atoms with Crippen LogP contribution in [-0.2, 0) is 11.2 Å². The van der Waals surface area contributed by atoms with Gasteiger partial charge in [0, 0.05) is 28.1 Å². The number of aromatic nitrogens is 3. The number of thiophene rings is 1. The molecule has 0 aliphatic carbocycles. The maximum Gasteiger partial charge on any atom is 0.237 e. The molecule has 6 nitrogen and oxygen atoms in total. The minimum Gasteiger partial charge on any atom is -0.383 e. The number of hydrogen-bond acceptors (Lipinski definition) is 8. The first-order chi connectivity index (χ1) is 14.9. The van der Waals surface area contributed by atoms with Crippen molar-refractivity contribution in [2.24, 2.45) is 0 Å². The van der Waals surface area contributed by atoms with Crippen LogP contribution >= 0.6 is 34.4 Å². The topological polar surface area (TPSA) is 85.0 Å². The van der Waals surface area contributed by atoms with Crippen molar-refractivity contribution >= 4 is 62.1 Å². The van der Waals surface area contributed by atoms with E-state index in [-0.39, 0.29) is 11.7 Å². The quantitative estimate of drug-likeness (QED) is 0.336. The average molecular weight is 468 g/mol. The Morgan fingerprint density at radius 2 is 2.06 bits per heavy atom. The summed E-state index contributed by atoms with van der Waals surface area (Å²) in [4.78, 5) is 30.5. The Hall–Kier alpha value is -2.49. The number of benzene rings is 1. The van der Waals surface area contributed by atoms with Crippen molar-refractivity contribution in [3.8, 4) is 11.3 Å². The molecule has 0 unspecified atom stereocenters. The summed E-state index contributed by atoms with van der Waals surface area (Å²) in [6.45, 7) is 6.80. The lowest BCUT2D eigenvalue weighted by Gasteiger charge is -2.17. The number of thioether (sulfide) groups is 1. The van der Waals surface area contributed by atoms with Gasteiger partial charge in [-0.25, -0.2) is 15.0 Å². The number of nitrogens with zero attached hydrogens (tertiary/aromatic N) is 4. The van der Waals surface area contributed by atoms with E-state index in [0.717, 1.165) is 44.2 Å². The summed E-state index contributed by atoms with van der Waals surface area (Å²) in [6.07, 6.45) is 0.853. The maximum atomic E-state index is 13.0. The molecule has 1 aliphatic heterocycles. The van der Waals surface area contributed by atoms with Gasteiger partial charge in [-0.1, -0.05) is 17.8 Å². The number of aryl methyl sites for hydroxylation is 3. The second-order valence-corrected chi connectivity index (χ2v) is 10.7. The highest BCUT2D eigenvalue weighted by Gasteiger charge is 2.25. The molecule has 0 saturated heterocycles. The minimum absolute atomic E-state index is 0.0572. The number of amides is 1. The molecule has 0 bridgehead atoms. The monoisotopic (exact) mass is 467 g/mol. The number of hydrogen-bond donors (Lipinski definition) is 1. The van der Waals surface area contributed by atoms with Gasteiger partial charge in [0.05, 0.1) is 21.8 Å².